The molecule has 0 aromatic rings. The first-order valence-corrected chi connectivity index (χ1v) is 3.00. The molecule has 1 rings (SSSR count). The molecule has 0 fully saturated rings. The second-order valence-electron chi connectivity index (χ2n) is 1.41. The van der Waals surface area contributed by atoms with Gasteiger partial charge in [-0.25, -0.2) is 0 Å². The van der Waals surface area contributed by atoms with Gasteiger partial charge in [0.15, 0.2) is 12.4 Å². The fraction of sp³-hybridized carbons (Fsp3) is 0. The number of hydrogen-bond acceptors (Lipinski definition) is 3. The highest BCUT2D eigenvalue weighted by Crippen LogP contribution is 2.14. The molecule has 1 aliphatic rings. The number of hydroxylamine groups is 4. The second-order valence-corrected chi connectivity index (χ2v) is 2.22. The third-order valence-corrected chi connectivity index (χ3v) is 1.28. The minimum Gasteiger partial charge on any atom is -0.172 e. The van der Waals surface area contributed by atoms with Gasteiger partial charge in [-0.1, -0.05) is 11.8 Å². The van der Waals surface area contributed by atoms with Crippen LogP contribution in [-0.2, 0) is 0 Å². The summed E-state index contributed by atoms with van der Waals surface area (Å²) in [6.45, 7) is 0. The van der Waals surface area contributed by atoms with Crippen LogP contribution in [0.3, 0.4) is 0 Å². The smallest absolute Gasteiger partial charge is 0.172 e. The molecule has 0 amide bonds. The molecule has 44 valence electrons. The summed E-state index contributed by atoms with van der Waals surface area (Å²) in [7, 11) is 0. The summed E-state index contributed by atoms with van der Waals surface area (Å²) >= 11 is 1.40. The van der Waals surface area contributed by atoms with Gasteiger partial charge in [0.1, 0.15) is 0 Å². The summed E-state index contributed by atoms with van der Waals surface area (Å²) in [4.78, 5) is -1.13. The number of quaternary nitrogens is 1. The molecular weight excluding hydrogens is 126 g/mol. The molecular formula is C4H6NO2S+. The fourth-order valence-electron chi connectivity index (χ4n) is 0.344. The number of nitrogens with zero attached hydrogens (tertiary/aromatic N) is 1. The average molecular weight is 132 g/mol. The normalized spacial score (nSPS) is 23.8. The molecule has 0 spiro atoms. The van der Waals surface area contributed by atoms with E-state index in [2.05, 4.69) is 0 Å². The van der Waals surface area contributed by atoms with Gasteiger partial charge in [0.25, 0.3) is 0 Å². The van der Waals surface area contributed by atoms with Gasteiger partial charge < -0.3 is 0 Å². The van der Waals surface area contributed by atoms with E-state index in [1.807, 2.05) is 0 Å². The maximum Gasteiger partial charge on any atom is 0.175 e. The van der Waals surface area contributed by atoms with Crippen LogP contribution in [0.15, 0.2) is 23.2 Å². The molecule has 0 aromatic heterocycles. The average Bonchev–Trinajstić information content (AvgIpc) is 1.65. The van der Waals surface area contributed by atoms with Crippen LogP contribution in [0.1, 0.15) is 0 Å². The van der Waals surface area contributed by atoms with E-state index in [0.29, 0.717) is 0 Å². The lowest BCUT2D eigenvalue weighted by Gasteiger charge is -2.11. The number of thioether (sulfide) groups is 1. The van der Waals surface area contributed by atoms with Crippen molar-refractivity contribution in [2.45, 2.75) is 0 Å². The van der Waals surface area contributed by atoms with Crippen LogP contribution in [0.5, 0.6) is 0 Å². The van der Waals surface area contributed by atoms with Crippen LogP contribution in [0.25, 0.3) is 0 Å². The first-order chi connectivity index (χ1) is 3.71. The Kier molecular flexibility index (Phi) is 1.39. The van der Waals surface area contributed by atoms with Gasteiger partial charge in [0, 0.05) is 15.6 Å². The minimum absolute atomic E-state index is 1.13. The highest BCUT2D eigenvalue weighted by molar-refractivity contribution is 8.04. The van der Waals surface area contributed by atoms with Crippen molar-refractivity contribution >= 4 is 11.8 Å². The standard InChI is InChI=1S/C4H6NO2S/c6-5(7)1-3-8-4-2-5/h1-4,6-7H/q+1. The van der Waals surface area contributed by atoms with E-state index in [0.717, 1.165) is 0 Å². The number of hydrogen-bond donors (Lipinski definition) is 2. The largest absolute Gasteiger partial charge is 0.175 e. The van der Waals surface area contributed by atoms with E-state index in [9.17, 15) is 0 Å². The zero-order valence-corrected chi connectivity index (χ0v) is 4.88. The van der Waals surface area contributed by atoms with Crippen LogP contribution in [0.2, 0.25) is 0 Å². The summed E-state index contributed by atoms with van der Waals surface area (Å²) in [6.07, 6.45) is 2.51. The quantitative estimate of drug-likeness (QED) is 0.487. The van der Waals surface area contributed by atoms with Crippen LogP contribution >= 0.6 is 11.8 Å². The number of rotatable bonds is 0. The summed E-state index contributed by atoms with van der Waals surface area (Å²) < 4.78 is 0. The molecule has 0 atom stereocenters. The van der Waals surface area contributed by atoms with Gasteiger partial charge in [-0.3, -0.25) is 0 Å². The summed E-state index contributed by atoms with van der Waals surface area (Å²) in [5.41, 5.74) is 0. The van der Waals surface area contributed by atoms with Crippen molar-refractivity contribution in [2.24, 2.45) is 0 Å². The second kappa shape index (κ2) is 1.91. The molecule has 2 N–H and O–H groups in total. The molecule has 4 heteroatoms. The molecule has 0 aliphatic carbocycles. The highest BCUT2D eigenvalue weighted by Gasteiger charge is 2.15. The summed E-state index contributed by atoms with van der Waals surface area (Å²) in [5.74, 6) is 0. The van der Waals surface area contributed by atoms with E-state index in [1.54, 1.807) is 10.8 Å². The van der Waals surface area contributed by atoms with E-state index < -0.39 is 4.81 Å². The highest BCUT2D eigenvalue weighted by atomic mass is 32.2. The Morgan fingerprint density at radius 3 is 1.88 bits per heavy atom. The van der Waals surface area contributed by atoms with Crippen molar-refractivity contribution < 1.29 is 15.2 Å². The van der Waals surface area contributed by atoms with Crippen molar-refractivity contribution in [1.82, 2.24) is 0 Å². The first kappa shape index (κ1) is 5.84. The maximum absolute atomic E-state index is 8.68. The Morgan fingerprint density at radius 2 is 1.62 bits per heavy atom. The van der Waals surface area contributed by atoms with Gasteiger partial charge in [0.05, 0.1) is 0 Å². The predicted molar refractivity (Wildman–Crippen MR) is 29.7 cm³/mol. The van der Waals surface area contributed by atoms with Crippen LogP contribution < -0.4 is 0 Å². The third-order valence-electron chi connectivity index (χ3n) is 0.718. The van der Waals surface area contributed by atoms with Gasteiger partial charge in [0.2, 0.25) is 0 Å². The van der Waals surface area contributed by atoms with E-state index >= 15 is 0 Å². The van der Waals surface area contributed by atoms with Gasteiger partial charge in [-0.15, -0.1) is 0 Å². The van der Waals surface area contributed by atoms with Gasteiger partial charge in [-0.05, 0) is 0 Å². The maximum atomic E-state index is 8.68. The minimum atomic E-state index is -1.13. The summed E-state index contributed by atoms with van der Waals surface area (Å²) in [6, 6.07) is 0. The topological polar surface area (TPSA) is 40.5 Å². The van der Waals surface area contributed by atoms with Crippen LogP contribution in [-0.4, -0.2) is 15.2 Å². The molecule has 1 aliphatic heterocycles. The third kappa shape index (κ3) is 1.34. The Labute approximate surface area is 51.0 Å². The lowest BCUT2D eigenvalue weighted by molar-refractivity contribution is -1.18. The van der Waals surface area contributed by atoms with Crippen molar-refractivity contribution in [3.8, 4) is 0 Å². The molecule has 0 saturated carbocycles. The molecule has 0 unspecified atom stereocenters. The van der Waals surface area contributed by atoms with Crippen molar-refractivity contribution in [3.63, 3.8) is 0 Å². The van der Waals surface area contributed by atoms with Crippen molar-refractivity contribution in [1.29, 1.82) is 0 Å². The Bertz CT molecular complexity index is 127. The Balaban J connectivity index is 2.69. The molecule has 3 nitrogen and oxygen atoms in total. The fourth-order valence-corrected chi connectivity index (χ4v) is 0.934. The predicted octanol–water partition coefficient (Wildman–Crippen LogP) is 1.27. The zero-order valence-electron chi connectivity index (χ0n) is 4.06. The SMILES string of the molecule is O[N+]1(O)C=CSC=C1. The molecule has 0 bridgehead atoms. The lowest BCUT2D eigenvalue weighted by Crippen LogP contribution is -2.28. The van der Waals surface area contributed by atoms with E-state index in [1.165, 1.54) is 24.2 Å². The lowest BCUT2D eigenvalue weighted by atomic mass is 10.8. The van der Waals surface area contributed by atoms with Crippen molar-refractivity contribution in [2.75, 3.05) is 0 Å². The molecule has 0 saturated heterocycles. The van der Waals surface area contributed by atoms with Gasteiger partial charge >= 0.3 is 0 Å². The van der Waals surface area contributed by atoms with Crippen LogP contribution in [0.4, 0.5) is 0 Å². The first-order valence-electron chi connectivity index (χ1n) is 2.05. The van der Waals surface area contributed by atoms with Gasteiger partial charge in [-0.2, -0.15) is 10.4 Å². The molecule has 0 radical (unpaired) electrons. The Hall–Kier alpha value is -0.290. The Morgan fingerprint density at radius 1 is 1.12 bits per heavy atom. The van der Waals surface area contributed by atoms with Crippen molar-refractivity contribution in [3.05, 3.63) is 23.2 Å². The monoisotopic (exact) mass is 132 g/mol. The zero-order chi connectivity index (χ0) is 6.04. The van der Waals surface area contributed by atoms with E-state index in [-0.39, 0.29) is 0 Å². The van der Waals surface area contributed by atoms with E-state index in [4.69, 9.17) is 10.4 Å². The molecule has 0 aromatic carbocycles. The van der Waals surface area contributed by atoms with Crippen LogP contribution in [0, 0.1) is 0 Å². The molecule has 8 heavy (non-hydrogen) atoms. The molecule has 1 heterocycles. The summed E-state index contributed by atoms with van der Waals surface area (Å²) in [5, 5.41) is 20.6.